The number of carbonyl (C=O) groups excluding carboxylic acids is 1. The molecule has 0 saturated carbocycles. The van der Waals surface area contributed by atoms with Crippen molar-refractivity contribution in [3.05, 3.63) is 36.0 Å². The molecule has 1 aliphatic rings. The van der Waals surface area contributed by atoms with E-state index in [1.54, 1.807) is 0 Å². The van der Waals surface area contributed by atoms with Gasteiger partial charge in [0, 0.05) is 24.3 Å². The van der Waals surface area contributed by atoms with E-state index in [9.17, 15) is 4.79 Å². The highest BCUT2D eigenvalue weighted by molar-refractivity contribution is 5.86. The van der Waals surface area contributed by atoms with Gasteiger partial charge in [0.05, 0.1) is 19.1 Å². The van der Waals surface area contributed by atoms with Crippen LogP contribution in [0.3, 0.4) is 0 Å². The fourth-order valence-electron chi connectivity index (χ4n) is 2.52. The number of hydrogen-bond donors (Lipinski definition) is 1. The van der Waals surface area contributed by atoms with Crippen LogP contribution in [0.2, 0.25) is 0 Å². The van der Waals surface area contributed by atoms with Crippen LogP contribution in [-0.2, 0) is 9.53 Å². The lowest BCUT2D eigenvalue weighted by atomic mass is 10.1. The number of para-hydroxylation sites is 1. The van der Waals surface area contributed by atoms with Crippen molar-refractivity contribution in [3.63, 3.8) is 0 Å². The van der Waals surface area contributed by atoms with Crippen LogP contribution in [0.25, 0.3) is 10.9 Å². The minimum Gasteiger partial charge on any atom is -0.378 e. The first kappa shape index (κ1) is 12.2. The quantitative estimate of drug-likeness (QED) is 0.897. The molecule has 0 radical (unpaired) electrons. The molecule has 1 N–H and O–H groups in total. The van der Waals surface area contributed by atoms with Crippen LogP contribution in [0.15, 0.2) is 30.3 Å². The fourth-order valence-corrected chi connectivity index (χ4v) is 2.52. The Balaban J connectivity index is 1.82. The number of nitrogens with zero attached hydrogens (tertiary/aromatic N) is 1. The first-order chi connectivity index (χ1) is 9.25. The highest BCUT2D eigenvalue weighted by atomic mass is 16.5. The van der Waals surface area contributed by atoms with Gasteiger partial charge in [0.25, 0.3) is 0 Å². The Morgan fingerprint density at radius 2 is 2.05 bits per heavy atom. The molecule has 1 aromatic carbocycles. The van der Waals surface area contributed by atoms with Gasteiger partial charge in [-0.05, 0) is 24.4 Å². The minimum absolute atomic E-state index is 0.134. The Kier molecular flexibility index (Phi) is 3.25. The summed E-state index contributed by atoms with van der Waals surface area (Å²) in [7, 11) is 0. The van der Waals surface area contributed by atoms with E-state index < -0.39 is 0 Å². The molecule has 1 aromatic heterocycles. The van der Waals surface area contributed by atoms with Crippen molar-refractivity contribution in [1.29, 1.82) is 0 Å². The Morgan fingerprint density at radius 3 is 2.79 bits per heavy atom. The van der Waals surface area contributed by atoms with Crippen LogP contribution >= 0.6 is 0 Å². The molecule has 0 bridgehead atoms. The number of nitrogens with one attached hydrogen (secondary N) is 1. The highest BCUT2D eigenvalue weighted by Crippen LogP contribution is 2.23. The zero-order chi connectivity index (χ0) is 13.2. The molecule has 1 fully saturated rings. The second-order valence-electron chi connectivity index (χ2n) is 4.97. The molecule has 1 aliphatic heterocycles. The van der Waals surface area contributed by atoms with E-state index in [0.717, 1.165) is 16.6 Å². The smallest absolute Gasteiger partial charge is 0.231 e. The summed E-state index contributed by atoms with van der Waals surface area (Å²) in [4.78, 5) is 17.7. The first-order valence-corrected chi connectivity index (χ1v) is 6.70. The molecule has 100 valence electrons. The predicted octanol–water partition coefficient (Wildman–Crippen LogP) is 2.13. The lowest BCUT2D eigenvalue weighted by molar-refractivity contribution is -0.136. The summed E-state index contributed by atoms with van der Waals surface area (Å²) in [5.74, 6) is 0.0420. The monoisotopic (exact) mass is 258 g/mol. The van der Waals surface area contributed by atoms with Crippen molar-refractivity contribution in [2.75, 3.05) is 26.3 Å². The van der Waals surface area contributed by atoms with Gasteiger partial charge in [-0.25, -0.2) is 0 Å². The van der Waals surface area contributed by atoms with Gasteiger partial charge >= 0.3 is 0 Å². The molecule has 19 heavy (non-hydrogen) atoms. The van der Waals surface area contributed by atoms with E-state index in [0.29, 0.717) is 26.3 Å². The van der Waals surface area contributed by atoms with Crippen LogP contribution < -0.4 is 0 Å². The van der Waals surface area contributed by atoms with Crippen LogP contribution in [-0.4, -0.2) is 42.1 Å². The van der Waals surface area contributed by atoms with Gasteiger partial charge in [-0.2, -0.15) is 0 Å². The molecule has 1 amide bonds. The average molecular weight is 258 g/mol. The second kappa shape index (κ2) is 5.05. The van der Waals surface area contributed by atoms with Gasteiger partial charge in [-0.3, -0.25) is 4.79 Å². The maximum Gasteiger partial charge on any atom is 0.231 e. The molecule has 4 heteroatoms. The van der Waals surface area contributed by atoms with E-state index in [1.807, 2.05) is 30.0 Å². The molecule has 2 heterocycles. The Labute approximate surface area is 112 Å². The predicted molar refractivity (Wildman–Crippen MR) is 74.1 cm³/mol. The topological polar surface area (TPSA) is 45.3 Å². The van der Waals surface area contributed by atoms with Gasteiger partial charge in [-0.15, -0.1) is 0 Å². The standard InChI is InChI=1S/C15H18N2O2/c1-11(15(18)17-6-8-19-9-7-17)14-10-12-4-2-3-5-13(12)16-14/h2-5,10-11,16H,6-9H2,1H3. The SMILES string of the molecule is CC(C(=O)N1CCOCC1)c1cc2ccccc2[nH]1. The van der Waals surface area contributed by atoms with Crippen molar-refractivity contribution >= 4 is 16.8 Å². The largest absolute Gasteiger partial charge is 0.378 e. The third-order valence-electron chi connectivity index (χ3n) is 3.71. The first-order valence-electron chi connectivity index (χ1n) is 6.70. The number of aromatic nitrogens is 1. The number of carbonyl (C=O) groups is 1. The van der Waals surface area contributed by atoms with Crippen molar-refractivity contribution in [1.82, 2.24) is 9.88 Å². The number of hydrogen-bond acceptors (Lipinski definition) is 2. The van der Waals surface area contributed by atoms with Gasteiger partial charge in [-0.1, -0.05) is 18.2 Å². The van der Waals surface area contributed by atoms with Crippen molar-refractivity contribution in [3.8, 4) is 0 Å². The Morgan fingerprint density at radius 1 is 1.32 bits per heavy atom. The Hall–Kier alpha value is -1.81. The van der Waals surface area contributed by atoms with E-state index >= 15 is 0 Å². The minimum atomic E-state index is -0.134. The highest BCUT2D eigenvalue weighted by Gasteiger charge is 2.24. The van der Waals surface area contributed by atoms with Crippen LogP contribution in [0.1, 0.15) is 18.5 Å². The van der Waals surface area contributed by atoms with E-state index in [-0.39, 0.29) is 11.8 Å². The zero-order valence-corrected chi connectivity index (χ0v) is 11.1. The third-order valence-corrected chi connectivity index (χ3v) is 3.71. The lowest BCUT2D eigenvalue weighted by Crippen LogP contribution is -2.42. The molecule has 0 spiro atoms. The van der Waals surface area contributed by atoms with Gasteiger partial charge in [0.15, 0.2) is 0 Å². The molecular weight excluding hydrogens is 240 g/mol. The van der Waals surface area contributed by atoms with E-state index in [4.69, 9.17) is 4.74 Å². The lowest BCUT2D eigenvalue weighted by Gasteiger charge is -2.29. The van der Waals surface area contributed by atoms with Gasteiger partial charge in [0.2, 0.25) is 5.91 Å². The molecule has 2 aromatic rings. The molecule has 1 atom stereocenters. The summed E-state index contributed by atoms with van der Waals surface area (Å²) in [6, 6.07) is 10.2. The normalized spacial score (nSPS) is 17.6. The summed E-state index contributed by atoms with van der Waals surface area (Å²) >= 11 is 0. The van der Waals surface area contributed by atoms with Crippen molar-refractivity contribution < 1.29 is 9.53 Å². The molecule has 1 saturated heterocycles. The fraction of sp³-hybridized carbons (Fsp3) is 0.400. The molecule has 4 nitrogen and oxygen atoms in total. The summed E-state index contributed by atoms with van der Waals surface area (Å²) in [5, 5.41) is 1.15. The molecule has 3 rings (SSSR count). The summed E-state index contributed by atoms with van der Waals surface area (Å²) in [6.45, 7) is 4.64. The number of ether oxygens (including phenoxy) is 1. The van der Waals surface area contributed by atoms with Crippen molar-refractivity contribution in [2.45, 2.75) is 12.8 Å². The average Bonchev–Trinajstić information content (AvgIpc) is 2.90. The van der Waals surface area contributed by atoms with Crippen LogP contribution in [0, 0.1) is 0 Å². The van der Waals surface area contributed by atoms with Crippen LogP contribution in [0.4, 0.5) is 0 Å². The van der Waals surface area contributed by atoms with Gasteiger partial charge in [0.1, 0.15) is 0 Å². The second-order valence-corrected chi connectivity index (χ2v) is 4.97. The number of benzene rings is 1. The summed E-state index contributed by atoms with van der Waals surface area (Å²) in [5.41, 5.74) is 2.07. The number of rotatable bonds is 2. The number of aromatic amines is 1. The molecular formula is C15H18N2O2. The molecule has 0 aliphatic carbocycles. The van der Waals surface area contributed by atoms with E-state index in [1.165, 1.54) is 0 Å². The molecule has 1 unspecified atom stereocenters. The number of amides is 1. The summed E-state index contributed by atoms with van der Waals surface area (Å²) < 4.78 is 5.28. The van der Waals surface area contributed by atoms with Crippen LogP contribution in [0.5, 0.6) is 0 Å². The maximum atomic E-state index is 12.4. The van der Waals surface area contributed by atoms with E-state index in [2.05, 4.69) is 17.1 Å². The number of H-pyrrole nitrogens is 1. The zero-order valence-electron chi connectivity index (χ0n) is 11.1. The third kappa shape index (κ3) is 2.36. The maximum absolute atomic E-state index is 12.4. The van der Waals surface area contributed by atoms with Crippen molar-refractivity contribution in [2.24, 2.45) is 0 Å². The summed E-state index contributed by atoms with van der Waals surface area (Å²) in [6.07, 6.45) is 0. The number of morpholine rings is 1. The van der Waals surface area contributed by atoms with Gasteiger partial charge < -0.3 is 14.6 Å². The number of fused-ring (bicyclic) bond motifs is 1. The Bertz CT molecular complexity index is 552.